The minimum Gasteiger partial charge on any atom is -0.330 e. The molecule has 2 aromatic carbocycles. The number of rotatable bonds is 3. The number of hydrogen-bond donors (Lipinski definition) is 0. The van der Waals surface area contributed by atoms with Gasteiger partial charge in [-0.2, -0.15) is 5.26 Å². The zero-order chi connectivity index (χ0) is 15.7. The van der Waals surface area contributed by atoms with Crippen molar-refractivity contribution in [3.63, 3.8) is 0 Å². The van der Waals surface area contributed by atoms with Gasteiger partial charge in [-0.05, 0) is 18.2 Å². The first kappa shape index (κ1) is 14.5. The highest BCUT2D eigenvalue weighted by Gasteiger charge is 2.27. The van der Waals surface area contributed by atoms with E-state index in [1.807, 2.05) is 37.4 Å². The van der Waals surface area contributed by atoms with Crippen LogP contribution in [0.25, 0.3) is 11.0 Å². The van der Waals surface area contributed by atoms with Gasteiger partial charge >= 0.3 is 0 Å². The quantitative estimate of drug-likeness (QED) is 0.672. The number of halogens is 1. The molecule has 22 heavy (non-hydrogen) atoms. The molecule has 4 nitrogen and oxygen atoms in total. The van der Waals surface area contributed by atoms with Crippen LogP contribution in [0.5, 0.6) is 0 Å². The fourth-order valence-corrected chi connectivity index (χ4v) is 2.95. The molecule has 0 aliphatic rings. The zero-order valence-corrected chi connectivity index (χ0v) is 13.4. The van der Waals surface area contributed by atoms with Crippen molar-refractivity contribution in [2.75, 3.05) is 0 Å². The topological polar surface area (TPSA) is 58.7 Å². The van der Waals surface area contributed by atoms with Crippen molar-refractivity contribution >= 4 is 32.7 Å². The van der Waals surface area contributed by atoms with Crippen molar-refractivity contribution in [3.05, 3.63) is 64.4 Å². The maximum absolute atomic E-state index is 12.7. The first-order valence-electron chi connectivity index (χ1n) is 6.73. The largest absolute Gasteiger partial charge is 0.330 e. The zero-order valence-electron chi connectivity index (χ0n) is 11.8. The molecule has 1 aromatic heterocycles. The van der Waals surface area contributed by atoms with Gasteiger partial charge in [0.25, 0.3) is 0 Å². The first-order valence-corrected chi connectivity index (χ1v) is 7.52. The number of imidazole rings is 1. The van der Waals surface area contributed by atoms with Gasteiger partial charge in [-0.3, -0.25) is 4.79 Å². The fraction of sp³-hybridized carbons (Fsp3) is 0.118. The van der Waals surface area contributed by atoms with E-state index in [9.17, 15) is 10.1 Å². The number of ketones is 1. The highest BCUT2D eigenvalue weighted by molar-refractivity contribution is 9.10. The maximum atomic E-state index is 12.7. The molecule has 1 unspecified atom stereocenters. The summed E-state index contributed by atoms with van der Waals surface area (Å²) >= 11 is 3.36. The van der Waals surface area contributed by atoms with E-state index in [4.69, 9.17) is 0 Å². The molecule has 0 aliphatic carbocycles. The van der Waals surface area contributed by atoms with Crippen LogP contribution in [0.15, 0.2) is 53.0 Å². The molecule has 0 radical (unpaired) electrons. The molecule has 0 N–H and O–H groups in total. The molecule has 0 bridgehead atoms. The number of aryl methyl sites for hydroxylation is 1. The molecule has 0 amide bonds. The van der Waals surface area contributed by atoms with E-state index in [1.165, 1.54) is 0 Å². The molecule has 3 aromatic rings. The average molecular weight is 354 g/mol. The summed E-state index contributed by atoms with van der Waals surface area (Å²) in [6.07, 6.45) is 0. The van der Waals surface area contributed by atoms with E-state index >= 15 is 0 Å². The Labute approximate surface area is 136 Å². The third kappa shape index (κ3) is 2.32. The van der Waals surface area contributed by atoms with Crippen LogP contribution in [0.3, 0.4) is 0 Å². The van der Waals surface area contributed by atoms with E-state index in [2.05, 4.69) is 27.0 Å². The van der Waals surface area contributed by atoms with Crippen molar-refractivity contribution in [1.82, 2.24) is 9.55 Å². The number of hydrogen-bond acceptors (Lipinski definition) is 3. The van der Waals surface area contributed by atoms with Crippen molar-refractivity contribution in [2.45, 2.75) is 5.92 Å². The summed E-state index contributed by atoms with van der Waals surface area (Å²) in [4.78, 5) is 17.2. The van der Waals surface area contributed by atoms with Crippen LogP contribution < -0.4 is 0 Å². The van der Waals surface area contributed by atoms with Gasteiger partial charge in [-0.15, -0.1) is 0 Å². The van der Waals surface area contributed by atoms with Gasteiger partial charge in [0.1, 0.15) is 5.82 Å². The smallest absolute Gasteiger partial charge is 0.188 e. The Balaban J connectivity index is 2.11. The average Bonchev–Trinajstić information content (AvgIpc) is 2.86. The van der Waals surface area contributed by atoms with Gasteiger partial charge in [0.2, 0.25) is 0 Å². The van der Waals surface area contributed by atoms with E-state index in [-0.39, 0.29) is 5.78 Å². The molecular weight excluding hydrogens is 342 g/mol. The molecule has 1 atom stereocenters. The van der Waals surface area contributed by atoms with Crippen LogP contribution in [-0.2, 0) is 7.05 Å². The van der Waals surface area contributed by atoms with Crippen molar-refractivity contribution in [3.8, 4) is 6.07 Å². The SMILES string of the molecule is Cn1c(C(C#N)C(=O)c2ccccc2Br)nc2ccccc21. The highest BCUT2D eigenvalue weighted by Crippen LogP contribution is 2.26. The lowest BCUT2D eigenvalue weighted by Crippen LogP contribution is -2.16. The summed E-state index contributed by atoms with van der Waals surface area (Å²) in [6, 6.07) is 16.8. The number of carbonyl (C=O) groups excluding carboxylic acids is 1. The van der Waals surface area contributed by atoms with E-state index in [1.54, 1.807) is 22.8 Å². The minimum absolute atomic E-state index is 0.256. The molecule has 108 valence electrons. The van der Waals surface area contributed by atoms with Gasteiger partial charge in [0, 0.05) is 17.1 Å². The molecule has 0 spiro atoms. The second-order valence-electron chi connectivity index (χ2n) is 4.92. The predicted octanol–water partition coefficient (Wildman–Crippen LogP) is 3.83. The highest BCUT2D eigenvalue weighted by atomic mass is 79.9. The molecule has 1 heterocycles. The van der Waals surface area contributed by atoms with Crippen molar-refractivity contribution < 1.29 is 4.79 Å². The first-order chi connectivity index (χ1) is 10.6. The summed E-state index contributed by atoms with van der Waals surface area (Å²) < 4.78 is 2.48. The Bertz CT molecular complexity index is 908. The standard InChI is InChI=1S/C17H12BrN3O/c1-21-15-9-5-4-8-14(15)20-17(21)12(10-19)16(22)11-6-2-3-7-13(11)18/h2-9,12H,1H3. The lowest BCUT2D eigenvalue weighted by Gasteiger charge is -2.10. The normalized spacial score (nSPS) is 12.0. The predicted molar refractivity (Wildman–Crippen MR) is 87.5 cm³/mol. The van der Waals surface area contributed by atoms with Crippen LogP contribution in [-0.4, -0.2) is 15.3 Å². The third-order valence-electron chi connectivity index (χ3n) is 3.61. The Morgan fingerprint density at radius 1 is 1.23 bits per heavy atom. The van der Waals surface area contributed by atoms with Gasteiger partial charge in [-0.25, -0.2) is 4.98 Å². The number of benzene rings is 2. The van der Waals surface area contributed by atoms with Gasteiger partial charge in [-0.1, -0.05) is 46.3 Å². The van der Waals surface area contributed by atoms with Gasteiger partial charge in [0.05, 0.1) is 17.1 Å². The van der Waals surface area contributed by atoms with E-state index in [0.29, 0.717) is 15.9 Å². The minimum atomic E-state index is -0.934. The molecule has 0 saturated heterocycles. The van der Waals surface area contributed by atoms with Crippen LogP contribution in [0.1, 0.15) is 22.1 Å². The molecule has 0 saturated carbocycles. The molecule has 0 fully saturated rings. The second kappa shape index (κ2) is 5.74. The van der Waals surface area contributed by atoms with Gasteiger partial charge < -0.3 is 4.57 Å². The Kier molecular flexibility index (Phi) is 3.78. The van der Waals surface area contributed by atoms with Crippen LogP contribution in [0, 0.1) is 11.3 Å². The van der Waals surface area contributed by atoms with E-state index < -0.39 is 5.92 Å². The number of Topliss-reactive ketones (excluding diaryl/α,β-unsaturated/α-hetero) is 1. The van der Waals surface area contributed by atoms with E-state index in [0.717, 1.165) is 11.0 Å². The Morgan fingerprint density at radius 2 is 1.91 bits per heavy atom. The Hall–Kier alpha value is -2.45. The monoisotopic (exact) mass is 353 g/mol. The molecular formula is C17H12BrN3O. The van der Waals surface area contributed by atoms with Crippen molar-refractivity contribution in [1.29, 1.82) is 5.26 Å². The number of nitriles is 1. The fourth-order valence-electron chi connectivity index (χ4n) is 2.47. The second-order valence-corrected chi connectivity index (χ2v) is 5.78. The number of fused-ring (bicyclic) bond motifs is 1. The van der Waals surface area contributed by atoms with Crippen LogP contribution in [0.4, 0.5) is 0 Å². The number of para-hydroxylation sites is 2. The van der Waals surface area contributed by atoms with Crippen LogP contribution >= 0.6 is 15.9 Å². The summed E-state index contributed by atoms with van der Waals surface area (Å²) in [7, 11) is 1.82. The van der Waals surface area contributed by atoms with Crippen LogP contribution in [0.2, 0.25) is 0 Å². The summed E-state index contributed by atoms with van der Waals surface area (Å²) in [5.74, 6) is -0.728. The summed E-state index contributed by atoms with van der Waals surface area (Å²) in [5, 5.41) is 9.51. The third-order valence-corrected chi connectivity index (χ3v) is 4.30. The number of nitrogens with zero attached hydrogens (tertiary/aromatic N) is 3. The Morgan fingerprint density at radius 3 is 2.59 bits per heavy atom. The summed E-state index contributed by atoms with van der Waals surface area (Å²) in [6.45, 7) is 0. The molecule has 5 heteroatoms. The van der Waals surface area contributed by atoms with Crippen molar-refractivity contribution in [2.24, 2.45) is 7.05 Å². The number of carbonyl (C=O) groups is 1. The number of aromatic nitrogens is 2. The lowest BCUT2D eigenvalue weighted by molar-refractivity contribution is 0.0974. The lowest BCUT2D eigenvalue weighted by atomic mass is 9.98. The van der Waals surface area contributed by atoms with Gasteiger partial charge in [0.15, 0.2) is 11.7 Å². The molecule has 3 rings (SSSR count). The maximum Gasteiger partial charge on any atom is 0.188 e. The molecule has 0 aliphatic heterocycles. The summed E-state index contributed by atoms with van der Waals surface area (Å²) in [5.41, 5.74) is 2.17.